The maximum absolute atomic E-state index is 11.5. The zero-order chi connectivity index (χ0) is 10.2. The van der Waals surface area contributed by atoms with Crippen molar-refractivity contribution in [3.8, 4) is 0 Å². The molecule has 0 radical (unpaired) electrons. The zero-order valence-corrected chi connectivity index (χ0v) is 8.41. The number of β-amino-alcohol motifs (C(OH)–C–C–N with tert-alkyl or cyclic N) is 1. The van der Waals surface area contributed by atoms with E-state index in [1.54, 1.807) is 4.90 Å². The number of aliphatic hydroxyl groups is 1. The molecule has 1 heterocycles. The molecule has 0 bridgehead atoms. The van der Waals surface area contributed by atoms with Crippen molar-refractivity contribution in [2.24, 2.45) is 5.73 Å². The van der Waals surface area contributed by atoms with Gasteiger partial charge < -0.3 is 15.7 Å². The SMILES string of the molecule is NC1CCN(CC2(O)CCCC2)C1=O. The fraction of sp³-hybridized carbons (Fsp3) is 0.900. The Morgan fingerprint density at radius 1 is 1.50 bits per heavy atom. The van der Waals surface area contributed by atoms with Gasteiger partial charge in [-0.1, -0.05) is 12.8 Å². The molecular formula is C10H18N2O2. The molecule has 2 aliphatic rings. The van der Waals surface area contributed by atoms with Gasteiger partial charge >= 0.3 is 0 Å². The van der Waals surface area contributed by atoms with Gasteiger partial charge in [0.25, 0.3) is 0 Å². The molecule has 0 aromatic rings. The van der Waals surface area contributed by atoms with Crippen LogP contribution in [0.25, 0.3) is 0 Å². The summed E-state index contributed by atoms with van der Waals surface area (Å²) in [6, 6.07) is -0.333. The first-order valence-electron chi connectivity index (χ1n) is 5.37. The molecule has 3 N–H and O–H groups in total. The second-order valence-corrected chi connectivity index (χ2v) is 4.59. The van der Waals surface area contributed by atoms with E-state index in [-0.39, 0.29) is 11.9 Å². The third-order valence-corrected chi connectivity index (χ3v) is 3.36. The standard InChI is InChI=1S/C10H18N2O2/c11-8-3-6-12(9(8)13)7-10(14)4-1-2-5-10/h8,14H,1-7,11H2. The van der Waals surface area contributed by atoms with Crippen LogP contribution in [0.4, 0.5) is 0 Å². The topological polar surface area (TPSA) is 66.6 Å². The quantitative estimate of drug-likeness (QED) is 0.648. The van der Waals surface area contributed by atoms with Gasteiger partial charge in [0.15, 0.2) is 0 Å². The van der Waals surface area contributed by atoms with Gasteiger partial charge in [-0.25, -0.2) is 0 Å². The van der Waals surface area contributed by atoms with Crippen molar-refractivity contribution >= 4 is 5.91 Å². The second-order valence-electron chi connectivity index (χ2n) is 4.59. The molecule has 1 saturated heterocycles. The van der Waals surface area contributed by atoms with Crippen LogP contribution in [0.3, 0.4) is 0 Å². The number of nitrogens with two attached hydrogens (primary N) is 1. The Morgan fingerprint density at radius 2 is 2.14 bits per heavy atom. The molecule has 80 valence electrons. The third-order valence-electron chi connectivity index (χ3n) is 3.36. The molecule has 0 spiro atoms. The first-order chi connectivity index (χ1) is 6.61. The molecule has 4 heteroatoms. The van der Waals surface area contributed by atoms with Crippen molar-refractivity contribution < 1.29 is 9.90 Å². The van der Waals surface area contributed by atoms with Gasteiger partial charge in [-0.2, -0.15) is 0 Å². The summed E-state index contributed by atoms with van der Waals surface area (Å²) >= 11 is 0. The van der Waals surface area contributed by atoms with Crippen molar-refractivity contribution in [3.63, 3.8) is 0 Å². The van der Waals surface area contributed by atoms with Crippen LogP contribution in [0.1, 0.15) is 32.1 Å². The van der Waals surface area contributed by atoms with Crippen LogP contribution in [0.2, 0.25) is 0 Å². The van der Waals surface area contributed by atoms with Crippen LogP contribution in [0.15, 0.2) is 0 Å². The number of amides is 1. The van der Waals surface area contributed by atoms with Gasteiger partial charge in [0.2, 0.25) is 5.91 Å². The first kappa shape index (κ1) is 9.93. The van der Waals surface area contributed by atoms with E-state index >= 15 is 0 Å². The first-order valence-corrected chi connectivity index (χ1v) is 5.37. The minimum atomic E-state index is -0.625. The van der Waals surface area contributed by atoms with Gasteiger partial charge in [-0.3, -0.25) is 4.79 Å². The fourth-order valence-corrected chi connectivity index (χ4v) is 2.47. The third kappa shape index (κ3) is 1.77. The van der Waals surface area contributed by atoms with Crippen molar-refractivity contribution in [3.05, 3.63) is 0 Å². The van der Waals surface area contributed by atoms with Crippen LogP contribution in [-0.2, 0) is 4.79 Å². The number of carbonyl (C=O) groups is 1. The minimum Gasteiger partial charge on any atom is -0.388 e. The Bertz CT molecular complexity index is 236. The summed E-state index contributed by atoms with van der Waals surface area (Å²) in [4.78, 5) is 13.2. The van der Waals surface area contributed by atoms with E-state index in [0.717, 1.165) is 32.1 Å². The maximum Gasteiger partial charge on any atom is 0.239 e. The van der Waals surface area contributed by atoms with Crippen molar-refractivity contribution in [2.45, 2.75) is 43.7 Å². The van der Waals surface area contributed by atoms with Crippen LogP contribution in [0, 0.1) is 0 Å². The van der Waals surface area contributed by atoms with Gasteiger partial charge in [-0.15, -0.1) is 0 Å². The Labute approximate surface area is 84.1 Å². The number of carbonyl (C=O) groups excluding carboxylic acids is 1. The molecule has 1 amide bonds. The predicted molar refractivity (Wildman–Crippen MR) is 52.6 cm³/mol. The second kappa shape index (κ2) is 3.51. The molecule has 2 fully saturated rings. The average molecular weight is 198 g/mol. The lowest BCUT2D eigenvalue weighted by Gasteiger charge is -2.28. The van der Waals surface area contributed by atoms with E-state index < -0.39 is 5.60 Å². The number of hydrogen-bond acceptors (Lipinski definition) is 3. The Morgan fingerprint density at radius 3 is 2.64 bits per heavy atom. The van der Waals surface area contributed by atoms with E-state index in [0.29, 0.717) is 13.1 Å². The normalized spacial score (nSPS) is 31.4. The fourth-order valence-electron chi connectivity index (χ4n) is 2.47. The Balaban J connectivity index is 1.94. The molecule has 1 saturated carbocycles. The molecule has 2 rings (SSSR count). The summed E-state index contributed by atoms with van der Waals surface area (Å²) in [5, 5.41) is 10.1. The van der Waals surface area contributed by atoms with Crippen molar-refractivity contribution in [1.82, 2.24) is 4.90 Å². The Kier molecular flexibility index (Phi) is 2.49. The number of hydrogen-bond donors (Lipinski definition) is 2. The zero-order valence-electron chi connectivity index (χ0n) is 8.41. The predicted octanol–water partition coefficient (Wildman–Crippen LogP) is -0.149. The van der Waals surface area contributed by atoms with Gasteiger partial charge in [0, 0.05) is 13.1 Å². The van der Waals surface area contributed by atoms with Gasteiger partial charge in [-0.05, 0) is 19.3 Å². The highest BCUT2D eigenvalue weighted by molar-refractivity contribution is 5.83. The van der Waals surface area contributed by atoms with Gasteiger partial charge in [0.1, 0.15) is 0 Å². The summed E-state index contributed by atoms with van der Waals surface area (Å²) in [6.45, 7) is 1.20. The smallest absolute Gasteiger partial charge is 0.239 e. The molecule has 0 aromatic carbocycles. The number of rotatable bonds is 2. The lowest BCUT2D eigenvalue weighted by molar-refractivity contribution is -0.131. The highest BCUT2D eigenvalue weighted by Crippen LogP contribution is 2.31. The summed E-state index contributed by atoms with van der Waals surface area (Å²) in [7, 11) is 0. The monoisotopic (exact) mass is 198 g/mol. The molecule has 0 aromatic heterocycles. The minimum absolute atomic E-state index is 0.00493. The molecular weight excluding hydrogens is 180 g/mol. The molecule has 1 aliphatic heterocycles. The summed E-state index contributed by atoms with van der Waals surface area (Å²) < 4.78 is 0. The van der Waals surface area contributed by atoms with E-state index in [1.807, 2.05) is 0 Å². The van der Waals surface area contributed by atoms with Crippen LogP contribution >= 0.6 is 0 Å². The number of nitrogens with zero attached hydrogens (tertiary/aromatic N) is 1. The van der Waals surface area contributed by atoms with E-state index in [9.17, 15) is 9.90 Å². The van der Waals surface area contributed by atoms with Crippen molar-refractivity contribution in [2.75, 3.05) is 13.1 Å². The largest absolute Gasteiger partial charge is 0.388 e. The van der Waals surface area contributed by atoms with E-state index in [4.69, 9.17) is 5.73 Å². The summed E-state index contributed by atoms with van der Waals surface area (Å²) in [5.74, 6) is 0.00493. The molecule has 14 heavy (non-hydrogen) atoms. The van der Waals surface area contributed by atoms with Crippen LogP contribution < -0.4 is 5.73 Å². The lowest BCUT2D eigenvalue weighted by atomic mass is 10.0. The molecule has 4 nitrogen and oxygen atoms in total. The Hall–Kier alpha value is -0.610. The summed E-state index contributed by atoms with van der Waals surface area (Å²) in [6.07, 6.45) is 4.53. The average Bonchev–Trinajstić information content (AvgIpc) is 2.68. The van der Waals surface area contributed by atoms with Gasteiger partial charge in [0.05, 0.1) is 11.6 Å². The number of likely N-dealkylation sites (tertiary alicyclic amines) is 1. The van der Waals surface area contributed by atoms with E-state index in [1.165, 1.54) is 0 Å². The van der Waals surface area contributed by atoms with Crippen LogP contribution in [0.5, 0.6) is 0 Å². The maximum atomic E-state index is 11.5. The highest BCUT2D eigenvalue weighted by atomic mass is 16.3. The van der Waals surface area contributed by atoms with E-state index in [2.05, 4.69) is 0 Å². The molecule has 1 unspecified atom stereocenters. The lowest BCUT2D eigenvalue weighted by Crippen LogP contribution is -2.44. The summed E-state index contributed by atoms with van der Waals surface area (Å²) in [5.41, 5.74) is 4.99. The van der Waals surface area contributed by atoms with Crippen LogP contribution in [-0.4, -0.2) is 40.6 Å². The van der Waals surface area contributed by atoms with Crippen molar-refractivity contribution in [1.29, 1.82) is 0 Å². The molecule has 1 aliphatic carbocycles. The molecule has 1 atom stereocenters. The highest BCUT2D eigenvalue weighted by Gasteiger charge is 2.37.